The van der Waals surface area contributed by atoms with Gasteiger partial charge in [0.25, 0.3) is 0 Å². The summed E-state index contributed by atoms with van der Waals surface area (Å²) in [5.74, 6) is 0. The van der Waals surface area contributed by atoms with E-state index >= 15 is 13.2 Å². The van der Waals surface area contributed by atoms with E-state index in [0.717, 1.165) is 123 Å². The van der Waals surface area contributed by atoms with Crippen LogP contribution in [0.25, 0.3) is 132 Å². The van der Waals surface area contributed by atoms with E-state index in [4.69, 9.17) is 0 Å². The third-order valence-electron chi connectivity index (χ3n) is 18.3. The molecule has 0 spiro atoms. The molecule has 4 aromatic heterocycles. The zero-order chi connectivity index (χ0) is 65.3. The van der Waals surface area contributed by atoms with Gasteiger partial charge in [0.1, 0.15) is 0 Å². The zero-order valence-electron chi connectivity index (χ0n) is 50.7. The van der Waals surface area contributed by atoms with Crippen LogP contribution in [0.15, 0.2) is 243 Å². The standard InChI is InChI=1S/C40H26F6N2.C40H26F3N3/c1-23-11-9-19-33-37(23)26-14-4-7-17-31(26)47(33)35-21-28(25-13-3-6-16-29(25)39(41,42)43)30(40(44,45)46)22-36(35)48-32-18-8-5-15-27(32)38-24(2)12-10-20-34(38)48;1-24-11-9-19-34-38(24)28-14-4-7-17-32(28)45(34)36-21-26(23-44)30(27-13-3-6-16-31(27)40(41,42)43)22-37(36)46-33-18-8-5-15-29(33)39-25(2)12-10-20-35(39)46/h3-22H,1-2H3;3-22H,1-2H3. The maximum Gasteiger partial charge on any atom is 0.417 e. The minimum Gasteiger partial charge on any atom is -0.307 e. The highest BCUT2D eigenvalue weighted by Crippen LogP contribution is 2.49. The largest absolute Gasteiger partial charge is 0.417 e. The molecule has 0 radical (unpaired) electrons. The van der Waals surface area contributed by atoms with Crippen molar-refractivity contribution in [1.82, 2.24) is 18.3 Å². The minimum atomic E-state index is -4.98. The normalized spacial score (nSPS) is 12.3. The molecule has 0 aliphatic heterocycles. The van der Waals surface area contributed by atoms with Gasteiger partial charge in [-0.25, -0.2) is 0 Å². The second kappa shape index (κ2) is 21.9. The lowest BCUT2D eigenvalue weighted by atomic mass is 9.93. The fourth-order valence-corrected chi connectivity index (χ4v) is 14.4. The summed E-state index contributed by atoms with van der Waals surface area (Å²) in [6, 6.07) is 73.0. The topological polar surface area (TPSA) is 43.5 Å². The molecular formula is C80H52F9N5. The molecule has 0 atom stereocenters. The summed E-state index contributed by atoms with van der Waals surface area (Å²) in [6.07, 6.45) is -14.5. The predicted molar refractivity (Wildman–Crippen MR) is 360 cm³/mol. The first-order valence-corrected chi connectivity index (χ1v) is 30.4. The highest BCUT2D eigenvalue weighted by molar-refractivity contribution is 6.15. The van der Waals surface area contributed by atoms with Crippen molar-refractivity contribution in [2.24, 2.45) is 0 Å². The molecule has 0 saturated carbocycles. The maximum absolute atomic E-state index is 15.2. The second-order valence-electron chi connectivity index (χ2n) is 23.8. The zero-order valence-corrected chi connectivity index (χ0v) is 50.7. The molecule has 16 aromatic rings. The van der Waals surface area contributed by atoms with Crippen LogP contribution in [0.4, 0.5) is 39.5 Å². The van der Waals surface area contributed by atoms with E-state index in [2.05, 4.69) is 59.4 Å². The third-order valence-corrected chi connectivity index (χ3v) is 18.3. The SMILES string of the molecule is Cc1cccc2c1c1ccccc1n2-c1cc(-c2ccccc2C(F)(F)F)c(C(F)(F)F)cc1-n1c2ccccc2c2c(C)cccc21.Cc1cccc2c1c1ccccc1n2-c1cc(C#N)c(-c2ccccc2C(F)(F)F)cc1-n1c2ccccc2c2c(C)cccc21. The molecule has 0 amide bonds. The maximum atomic E-state index is 15.2. The quantitative estimate of drug-likeness (QED) is 0.153. The van der Waals surface area contributed by atoms with Crippen LogP contribution >= 0.6 is 0 Å². The van der Waals surface area contributed by atoms with Crippen LogP contribution in [0.5, 0.6) is 0 Å². The number of nitrogens with zero attached hydrogens (tertiary/aromatic N) is 5. The number of rotatable bonds is 6. The lowest BCUT2D eigenvalue weighted by Crippen LogP contribution is -2.14. The Morgan fingerprint density at radius 1 is 0.266 bits per heavy atom. The predicted octanol–water partition coefficient (Wildman–Crippen LogP) is 23.3. The van der Waals surface area contributed by atoms with Crippen LogP contribution in [-0.4, -0.2) is 18.3 Å². The van der Waals surface area contributed by atoms with Crippen molar-refractivity contribution >= 4 is 87.2 Å². The minimum absolute atomic E-state index is 0.0330. The van der Waals surface area contributed by atoms with Crippen molar-refractivity contribution < 1.29 is 39.5 Å². The number of hydrogen-bond donors (Lipinski definition) is 0. The van der Waals surface area contributed by atoms with E-state index in [9.17, 15) is 31.6 Å². The molecule has 12 aromatic carbocycles. The first kappa shape index (κ1) is 59.0. The summed E-state index contributed by atoms with van der Waals surface area (Å²) < 4.78 is 140. The van der Waals surface area contributed by atoms with E-state index in [0.29, 0.717) is 28.1 Å². The Morgan fingerprint density at radius 3 is 0.862 bits per heavy atom. The number of para-hydroxylation sites is 4. The van der Waals surface area contributed by atoms with Gasteiger partial charge in [0.2, 0.25) is 0 Å². The van der Waals surface area contributed by atoms with Crippen LogP contribution in [0.3, 0.4) is 0 Å². The van der Waals surface area contributed by atoms with Crippen molar-refractivity contribution in [3.63, 3.8) is 0 Å². The summed E-state index contributed by atoms with van der Waals surface area (Å²) in [4.78, 5) is 0. The van der Waals surface area contributed by atoms with Crippen molar-refractivity contribution in [3.8, 4) is 51.1 Å². The Labute approximate surface area is 532 Å². The van der Waals surface area contributed by atoms with Gasteiger partial charge in [-0.05, 0) is 152 Å². The lowest BCUT2D eigenvalue weighted by molar-refractivity contribution is -0.139. The first-order valence-electron chi connectivity index (χ1n) is 30.4. The Hall–Kier alpha value is -11.3. The molecule has 0 aliphatic rings. The van der Waals surface area contributed by atoms with Gasteiger partial charge in [0, 0.05) is 48.7 Å². The molecule has 0 fully saturated rings. The molecule has 14 heteroatoms. The summed E-state index contributed by atoms with van der Waals surface area (Å²) in [7, 11) is 0. The number of nitriles is 1. The Bertz CT molecular complexity index is 5840. The highest BCUT2D eigenvalue weighted by atomic mass is 19.4. The molecule has 4 heterocycles. The number of fused-ring (bicyclic) bond motifs is 12. The van der Waals surface area contributed by atoms with Gasteiger partial charge in [-0.2, -0.15) is 44.8 Å². The second-order valence-corrected chi connectivity index (χ2v) is 23.8. The van der Waals surface area contributed by atoms with Crippen LogP contribution in [0, 0.1) is 39.0 Å². The van der Waals surface area contributed by atoms with Gasteiger partial charge in [-0.15, -0.1) is 0 Å². The lowest BCUT2D eigenvalue weighted by Gasteiger charge is -2.23. The van der Waals surface area contributed by atoms with Crippen LogP contribution in [0.1, 0.15) is 44.5 Å². The monoisotopic (exact) mass is 1250 g/mol. The summed E-state index contributed by atoms with van der Waals surface area (Å²) in [6.45, 7) is 8.06. The molecule has 0 unspecified atom stereocenters. The van der Waals surface area contributed by atoms with E-state index in [-0.39, 0.29) is 22.4 Å². The highest BCUT2D eigenvalue weighted by Gasteiger charge is 2.40. The molecular weight excluding hydrogens is 1200 g/mol. The molecule has 0 bridgehead atoms. The molecule has 5 nitrogen and oxygen atoms in total. The third kappa shape index (κ3) is 9.31. The average molecular weight is 1250 g/mol. The van der Waals surface area contributed by atoms with E-state index in [1.165, 1.54) is 30.3 Å². The van der Waals surface area contributed by atoms with Gasteiger partial charge in [0.05, 0.1) is 95.2 Å². The molecule has 16 rings (SSSR count). The van der Waals surface area contributed by atoms with Crippen molar-refractivity contribution in [2.75, 3.05) is 0 Å². The van der Waals surface area contributed by atoms with Gasteiger partial charge < -0.3 is 18.3 Å². The van der Waals surface area contributed by atoms with E-state index in [1.807, 2.05) is 158 Å². The number of hydrogen-bond acceptors (Lipinski definition) is 1. The van der Waals surface area contributed by atoms with Crippen molar-refractivity contribution in [3.05, 3.63) is 287 Å². The van der Waals surface area contributed by atoms with Gasteiger partial charge in [-0.3, -0.25) is 0 Å². The van der Waals surface area contributed by atoms with Crippen LogP contribution in [-0.2, 0) is 18.5 Å². The summed E-state index contributed by atoms with van der Waals surface area (Å²) in [5.41, 5.74) is 8.73. The fraction of sp³-hybridized carbons (Fsp3) is 0.0875. The Balaban J connectivity index is 0.000000155. The van der Waals surface area contributed by atoms with E-state index < -0.39 is 46.3 Å². The van der Waals surface area contributed by atoms with E-state index in [1.54, 1.807) is 22.8 Å². The molecule has 94 heavy (non-hydrogen) atoms. The molecule has 0 saturated heterocycles. The average Bonchev–Trinajstić information content (AvgIpc) is 1.53. The van der Waals surface area contributed by atoms with Gasteiger partial charge in [0.15, 0.2) is 0 Å². The number of halogens is 9. The molecule has 0 N–H and O–H groups in total. The number of aryl methyl sites for hydroxylation is 4. The van der Waals surface area contributed by atoms with Crippen molar-refractivity contribution in [2.45, 2.75) is 46.2 Å². The summed E-state index contributed by atoms with van der Waals surface area (Å²) >= 11 is 0. The number of aromatic nitrogens is 4. The first-order chi connectivity index (χ1) is 45.2. The Morgan fingerprint density at radius 2 is 0.532 bits per heavy atom. The Kier molecular flexibility index (Phi) is 13.8. The molecule has 460 valence electrons. The summed E-state index contributed by atoms with van der Waals surface area (Å²) in [5, 5.41) is 18.3. The fourth-order valence-electron chi connectivity index (χ4n) is 14.4. The van der Waals surface area contributed by atoms with Gasteiger partial charge >= 0.3 is 18.5 Å². The van der Waals surface area contributed by atoms with Crippen LogP contribution < -0.4 is 0 Å². The van der Waals surface area contributed by atoms with Crippen LogP contribution in [0.2, 0.25) is 0 Å². The number of alkyl halides is 9. The smallest absolute Gasteiger partial charge is 0.307 e. The number of benzene rings is 12. The molecule has 0 aliphatic carbocycles. The van der Waals surface area contributed by atoms with Gasteiger partial charge in [-0.1, -0.05) is 158 Å². The van der Waals surface area contributed by atoms with Crippen molar-refractivity contribution in [1.29, 1.82) is 5.26 Å².